The van der Waals surface area contributed by atoms with Crippen molar-refractivity contribution in [1.82, 2.24) is 5.32 Å². The first-order valence-corrected chi connectivity index (χ1v) is 5.92. The lowest BCUT2D eigenvalue weighted by Gasteiger charge is -2.28. The molecule has 0 aliphatic heterocycles. The van der Waals surface area contributed by atoms with E-state index in [0.717, 1.165) is 13.1 Å². The summed E-state index contributed by atoms with van der Waals surface area (Å²) in [5.74, 6) is 0. The molecule has 2 heteroatoms. The summed E-state index contributed by atoms with van der Waals surface area (Å²) in [7, 11) is 0. The van der Waals surface area contributed by atoms with Crippen molar-refractivity contribution in [3.05, 3.63) is 0 Å². The number of unbranched alkanes of at least 4 members (excludes halogenated alkanes) is 3. The number of nitrogens with two attached hydrogens (primary N) is 1. The Morgan fingerprint density at radius 2 is 1.64 bits per heavy atom. The van der Waals surface area contributed by atoms with Crippen LogP contribution in [0.5, 0.6) is 0 Å². The lowest BCUT2D eigenvalue weighted by atomic mass is 9.88. The monoisotopic (exact) mass is 200 g/mol. The third-order valence-electron chi connectivity index (χ3n) is 2.88. The number of nitrogens with one attached hydrogen (secondary N) is 1. The van der Waals surface area contributed by atoms with E-state index < -0.39 is 0 Å². The van der Waals surface area contributed by atoms with E-state index in [-0.39, 0.29) is 0 Å². The average molecular weight is 200 g/mol. The van der Waals surface area contributed by atoms with Gasteiger partial charge in [0.05, 0.1) is 0 Å². The van der Waals surface area contributed by atoms with Crippen LogP contribution in [0.1, 0.15) is 53.4 Å². The Hall–Kier alpha value is -0.0800. The molecule has 0 spiro atoms. The topological polar surface area (TPSA) is 38.0 Å². The third kappa shape index (κ3) is 7.34. The summed E-state index contributed by atoms with van der Waals surface area (Å²) in [6.45, 7) is 11.1. The molecule has 0 aromatic heterocycles. The molecule has 0 fully saturated rings. The Morgan fingerprint density at radius 1 is 1.07 bits per heavy atom. The number of hydrogen-bond acceptors (Lipinski definition) is 2. The van der Waals surface area contributed by atoms with Crippen molar-refractivity contribution in [2.75, 3.05) is 13.1 Å². The first kappa shape index (κ1) is 13.9. The zero-order valence-electron chi connectivity index (χ0n) is 10.4. The van der Waals surface area contributed by atoms with Gasteiger partial charge in [-0.05, 0) is 38.3 Å². The summed E-state index contributed by atoms with van der Waals surface area (Å²) in [6, 6.07) is 0.594. The van der Waals surface area contributed by atoms with E-state index in [1.165, 1.54) is 25.7 Å². The van der Waals surface area contributed by atoms with E-state index in [1.54, 1.807) is 0 Å². The van der Waals surface area contributed by atoms with Gasteiger partial charge in [-0.25, -0.2) is 0 Å². The van der Waals surface area contributed by atoms with Gasteiger partial charge in [0.1, 0.15) is 0 Å². The summed E-state index contributed by atoms with van der Waals surface area (Å²) < 4.78 is 0. The maximum atomic E-state index is 5.43. The number of hydrogen-bond donors (Lipinski definition) is 2. The average Bonchev–Trinajstić information content (AvgIpc) is 2.09. The first-order chi connectivity index (χ1) is 6.48. The highest BCUT2D eigenvalue weighted by Crippen LogP contribution is 2.18. The lowest BCUT2D eigenvalue weighted by molar-refractivity contribution is 0.285. The molecule has 14 heavy (non-hydrogen) atoms. The molecule has 0 amide bonds. The second kappa shape index (κ2) is 7.24. The van der Waals surface area contributed by atoms with Gasteiger partial charge in [-0.15, -0.1) is 0 Å². The zero-order chi connectivity index (χ0) is 11.0. The van der Waals surface area contributed by atoms with Crippen LogP contribution in [0.15, 0.2) is 0 Å². The molecule has 0 rings (SSSR count). The second-order valence-electron chi connectivity index (χ2n) is 5.24. The minimum absolute atomic E-state index is 0.372. The van der Waals surface area contributed by atoms with Crippen LogP contribution in [0.3, 0.4) is 0 Å². The van der Waals surface area contributed by atoms with Crippen molar-refractivity contribution in [1.29, 1.82) is 0 Å². The molecule has 1 atom stereocenters. The fraction of sp³-hybridized carbons (Fsp3) is 1.00. The van der Waals surface area contributed by atoms with Gasteiger partial charge in [-0.3, -0.25) is 0 Å². The minimum atomic E-state index is 0.372. The van der Waals surface area contributed by atoms with Crippen LogP contribution in [0, 0.1) is 5.41 Å². The Morgan fingerprint density at radius 3 is 2.14 bits per heavy atom. The van der Waals surface area contributed by atoms with Crippen LogP contribution in [0.25, 0.3) is 0 Å². The SMILES string of the molecule is CC(NCCCCCCN)C(C)(C)C. The molecule has 0 aromatic rings. The molecule has 0 saturated carbocycles. The van der Waals surface area contributed by atoms with E-state index >= 15 is 0 Å². The van der Waals surface area contributed by atoms with E-state index in [4.69, 9.17) is 5.73 Å². The molecule has 3 N–H and O–H groups in total. The van der Waals surface area contributed by atoms with Gasteiger partial charge in [0.15, 0.2) is 0 Å². The zero-order valence-corrected chi connectivity index (χ0v) is 10.4. The largest absolute Gasteiger partial charge is 0.330 e. The third-order valence-corrected chi connectivity index (χ3v) is 2.88. The van der Waals surface area contributed by atoms with Gasteiger partial charge in [0.2, 0.25) is 0 Å². The van der Waals surface area contributed by atoms with Gasteiger partial charge in [0.25, 0.3) is 0 Å². The van der Waals surface area contributed by atoms with Crippen molar-refractivity contribution >= 4 is 0 Å². The molecule has 86 valence electrons. The summed E-state index contributed by atoms with van der Waals surface area (Å²) in [4.78, 5) is 0. The molecule has 0 saturated heterocycles. The molecule has 0 aromatic carbocycles. The van der Waals surface area contributed by atoms with Crippen molar-refractivity contribution in [3.63, 3.8) is 0 Å². The van der Waals surface area contributed by atoms with Gasteiger partial charge in [-0.1, -0.05) is 33.6 Å². The Kier molecular flexibility index (Phi) is 7.20. The molecule has 0 aliphatic rings. The molecule has 0 radical (unpaired) electrons. The molecular weight excluding hydrogens is 172 g/mol. The minimum Gasteiger partial charge on any atom is -0.330 e. The predicted molar refractivity (Wildman–Crippen MR) is 64.4 cm³/mol. The highest BCUT2D eigenvalue weighted by Gasteiger charge is 2.18. The fourth-order valence-electron chi connectivity index (χ4n) is 1.25. The molecule has 1 unspecified atom stereocenters. The smallest absolute Gasteiger partial charge is 0.00872 e. The summed E-state index contributed by atoms with van der Waals surface area (Å²) >= 11 is 0. The number of rotatable bonds is 7. The van der Waals surface area contributed by atoms with Crippen LogP contribution in [-0.4, -0.2) is 19.1 Å². The quantitative estimate of drug-likeness (QED) is 0.620. The van der Waals surface area contributed by atoms with E-state index in [9.17, 15) is 0 Å². The molecule has 0 bridgehead atoms. The van der Waals surface area contributed by atoms with E-state index in [0.29, 0.717) is 11.5 Å². The van der Waals surface area contributed by atoms with Crippen molar-refractivity contribution in [2.45, 2.75) is 59.4 Å². The van der Waals surface area contributed by atoms with Crippen molar-refractivity contribution in [2.24, 2.45) is 11.1 Å². The van der Waals surface area contributed by atoms with Crippen LogP contribution >= 0.6 is 0 Å². The first-order valence-electron chi connectivity index (χ1n) is 5.92. The van der Waals surface area contributed by atoms with Crippen LogP contribution in [-0.2, 0) is 0 Å². The maximum absolute atomic E-state index is 5.43. The van der Waals surface area contributed by atoms with Crippen molar-refractivity contribution in [3.8, 4) is 0 Å². The molecule has 2 nitrogen and oxygen atoms in total. The molecule has 0 heterocycles. The summed E-state index contributed by atoms with van der Waals surface area (Å²) in [5, 5.41) is 3.57. The van der Waals surface area contributed by atoms with Gasteiger partial charge < -0.3 is 11.1 Å². The molecular formula is C12H28N2. The molecule has 0 aliphatic carbocycles. The van der Waals surface area contributed by atoms with Crippen molar-refractivity contribution < 1.29 is 0 Å². The van der Waals surface area contributed by atoms with Crippen LogP contribution in [0.4, 0.5) is 0 Å². The summed E-state index contributed by atoms with van der Waals surface area (Å²) in [6.07, 6.45) is 5.04. The van der Waals surface area contributed by atoms with Gasteiger partial charge >= 0.3 is 0 Å². The second-order valence-corrected chi connectivity index (χ2v) is 5.24. The standard InChI is InChI=1S/C12H28N2/c1-11(12(2,3)4)14-10-8-6-5-7-9-13/h11,14H,5-10,13H2,1-4H3. The Bertz CT molecular complexity index is 127. The van der Waals surface area contributed by atoms with Crippen LogP contribution in [0.2, 0.25) is 0 Å². The highest BCUT2D eigenvalue weighted by atomic mass is 14.9. The Labute approximate surface area is 89.6 Å². The lowest BCUT2D eigenvalue weighted by Crippen LogP contribution is -2.38. The highest BCUT2D eigenvalue weighted by molar-refractivity contribution is 4.75. The maximum Gasteiger partial charge on any atom is 0.00872 e. The Balaban J connectivity index is 3.28. The van der Waals surface area contributed by atoms with Crippen LogP contribution < -0.4 is 11.1 Å². The van der Waals surface area contributed by atoms with Gasteiger partial charge in [-0.2, -0.15) is 0 Å². The van der Waals surface area contributed by atoms with E-state index in [1.807, 2.05) is 0 Å². The normalized spacial score (nSPS) is 14.4. The van der Waals surface area contributed by atoms with Gasteiger partial charge in [0, 0.05) is 6.04 Å². The predicted octanol–water partition coefficient (Wildman–Crippen LogP) is 2.53. The fourth-order valence-corrected chi connectivity index (χ4v) is 1.25. The van der Waals surface area contributed by atoms with E-state index in [2.05, 4.69) is 33.0 Å². The summed E-state index contributed by atoms with van der Waals surface area (Å²) in [5.41, 5.74) is 5.81.